The van der Waals surface area contributed by atoms with Crippen LogP contribution >= 0.6 is 7.60 Å². The number of fused-ring (bicyclic) bond motifs is 1. The summed E-state index contributed by atoms with van der Waals surface area (Å²) < 4.78 is 33.9. The maximum Gasteiger partial charge on any atom is 0.350 e. The molecule has 0 bridgehead atoms. The van der Waals surface area contributed by atoms with E-state index in [4.69, 9.17) is 28.7 Å². The lowest BCUT2D eigenvalue weighted by atomic mass is 9.96. The molecule has 2 fully saturated rings. The van der Waals surface area contributed by atoms with Crippen molar-refractivity contribution in [2.45, 2.75) is 67.9 Å². The monoisotopic (exact) mass is 597 g/mol. The average molecular weight is 597 g/mol. The van der Waals surface area contributed by atoms with Crippen molar-refractivity contribution >= 4 is 24.6 Å². The third-order valence-electron chi connectivity index (χ3n) is 6.42. The average Bonchev–Trinajstić information content (AvgIpc) is 3.34. The summed E-state index contributed by atoms with van der Waals surface area (Å²) in [4.78, 5) is 30.2. The molecule has 19 nitrogen and oxygen atoms in total. The van der Waals surface area contributed by atoms with Crippen LogP contribution in [0.4, 0.5) is 5.82 Å². The van der Waals surface area contributed by atoms with Crippen molar-refractivity contribution in [3.8, 4) is 0 Å². The minimum Gasteiger partial charge on any atom is -0.394 e. The van der Waals surface area contributed by atoms with Gasteiger partial charge in [-0.25, -0.2) is 15.0 Å². The molecular weight excluding hydrogens is 565 g/mol. The Hall–Kier alpha value is -1.94. The molecule has 2 saturated heterocycles. The number of nitrogens with zero attached hydrogens (tertiary/aromatic N) is 4. The van der Waals surface area contributed by atoms with Gasteiger partial charge in [-0.2, -0.15) is 0 Å². The van der Waals surface area contributed by atoms with E-state index in [2.05, 4.69) is 20.3 Å². The second kappa shape index (κ2) is 12.9. The van der Waals surface area contributed by atoms with Crippen LogP contribution in [0.5, 0.6) is 0 Å². The van der Waals surface area contributed by atoms with Gasteiger partial charge in [0.25, 0.3) is 0 Å². The van der Waals surface area contributed by atoms with Crippen molar-refractivity contribution in [3.05, 3.63) is 12.7 Å². The molecule has 20 heteroatoms. The fourth-order valence-electron chi connectivity index (χ4n) is 4.34. The molecular formula is C20H32N5O14P. The van der Waals surface area contributed by atoms with Crippen LogP contribution in [0.15, 0.2) is 12.7 Å². The van der Waals surface area contributed by atoms with Crippen molar-refractivity contribution in [3.63, 3.8) is 0 Å². The van der Waals surface area contributed by atoms with Crippen molar-refractivity contribution in [2.24, 2.45) is 0 Å². The molecule has 0 saturated carbocycles. The van der Waals surface area contributed by atoms with Crippen LogP contribution in [-0.2, 0) is 30.1 Å². The lowest BCUT2D eigenvalue weighted by Crippen LogP contribution is -2.65. The second-order valence-electron chi connectivity index (χ2n) is 9.24. The summed E-state index contributed by atoms with van der Waals surface area (Å²) >= 11 is 0. The Morgan fingerprint density at radius 1 is 0.925 bits per heavy atom. The summed E-state index contributed by atoms with van der Waals surface area (Å²) in [7, 11) is -4.31. The van der Waals surface area contributed by atoms with E-state index in [1.807, 2.05) is 0 Å². The first-order valence-electron chi connectivity index (χ1n) is 12.1. The molecule has 4 heterocycles. The largest absolute Gasteiger partial charge is 0.394 e. The van der Waals surface area contributed by atoms with Crippen molar-refractivity contribution in [1.82, 2.24) is 19.5 Å². The quantitative estimate of drug-likeness (QED) is 0.0856. The third kappa shape index (κ3) is 6.75. The smallest absolute Gasteiger partial charge is 0.350 e. The Morgan fingerprint density at radius 2 is 1.65 bits per heavy atom. The van der Waals surface area contributed by atoms with Crippen molar-refractivity contribution in [1.29, 1.82) is 0 Å². The van der Waals surface area contributed by atoms with Gasteiger partial charge < -0.3 is 74.4 Å². The third-order valence-corrected chi connectivity index (χ3v) is 6.94. The minimum atomic E-state index is -4.31. The summed E-state index contributed by atoms with van der Waals surface area (Å²) in [5.74, 6) is 0.0844. The number of aliphatic hydroxyl groups is 7. The highest BCUT2D eigenvalue weighted by Crippen LogP contribution is 2.34. The standard InChI is InChI=1S/C20H32N5O14P/c26-3-8-11(28)12(29)15(32)20(38-8)39-16-9(4-27)37-19(14(31)13(16)30)24-17-10-18(22-5-21-17)25(6-23-10)1-2-36-7-40(33,34)35/h5-6,8-9,11-16,19-20,26-32H,1-4,7H2,(H,21,22,24)(H2,33,34,35)/t8-,9-,11+,12+,13-,14-,15-,16-,19-,20+/m1/s1. The van der Waals surface area contributed by atoms with Crippen LogP contribution in [0.25, 0.3) is 11.2 Å². The van der Waals surface area contributed by atoms with E-state index in [9.17, 15) is 40.3 Å². The summed E-state index contributed by atoms with van der Waals surface area (Å²) in [6.07, 6.45) is -13.8. The van der Waals surface area contributed by atoms with E-state index in [1.165, 1.54) is 17.2 Å². The number of ether oxygens (including phenoxy) is 4. The number of hydrogen-bond donors (Lipinski definition) is 10. The summed E-state index contributed by atoms with van der Waals surface area (Å²) in [6.45, 7) is -1.32. The predicted octanol–water partition coefficient (Wildman–Crippen LogP) is -4.99. The molecule has 0 radical (unpaired) electrons. The normalized spacial score (nSPS) is 35.2. The molecule has 0 spiro atoms. The molecule has 2 aromatic rings. The molecule has 2 aliphatic rings. The van der Waals surface area contributed by atoms with E-state index < -0.39 is 88.5 Å². The SMILES string of the molecule is O=P(O)(O)COCCn1cnc2c(N[C@@H]3O[C@H](CO)[C@@H](O[C@@H]4O[C@H](CO)[C@H](O)[C@H](O)[C@H]4O)[C@H](O)[C@H]3O)ncnc21. The number of aromatic nitrogens is 4. The molecule has 4 rings (SSSR count). The molecule has 0 aliphatic carbocycles. The van der Waals surface area contributed by atoms with Gasteiger partial charge in [-0.05, 0) is 0 Å². The van der Waals surface area contributed by atoms with Gasteiger partial charge in [0.2, 0.25) is 0 Å². The zero-order valence-corrected chi connectivity index (χ0v) is 21.7. The van der Waals surface area contributed by atoms with Crippen LogP contribution < -0.4 is 5.32 Å². The van der Waals surface area contributed by atoms with Gasteiger partial charge in [0.05, 0.1) is 26.1 Å². The van der Waals surface area contributed by atoms with Gasteiger partial charge in [0.1, 0.15) is 67.0 Å². The highest BCUT2D eigenvalue weighted by molar-refractivity contribution is 7.51. The predicted molar refractivity (Wildman–Crippen MR) is 128 cm³/mol. The summed E-state index contributed by atoms with van der Waals surface area (Å²) in [5.41, 5.74) is 0.536. The number of rotatable bonds is 11. The van der Waals surface area contributed by atoms with Gasteiger partial charge in [0, 0.05) is 6.54 Å². The highest BCUT2D eigenvalue weighted by Gasteiger charge is 2.50. The first-order chi connectivity index (χ1) is 18.9. The Morgan fingerprint density at radius 3 is 2.33 bits per heavy atom. The lowest BCUT2D eigenvalue weighted by Gasteiger charge is -2.46. The number of anilines is 1. The fraction of sp³-hybridized carbons (Fsp3) is 0.750. The fourth-order valence-corrected chi connectivity index (χ4v) is 4.71. The molecule has 0 aromatic carbocycles. The van der Waals surface area contributed by atoms with E-state index in [1.54, 1.807) is 0 Å². The zero-order valence-electron chi connectivity index (χ0n) is 20.8. The first kappa shape index (κ1) is 31.0. The van der Waals surface area contributed by atoms with Crippen LogP contribution in [0.2, 0.25) is 0 Å². The second-order valence-corrected chi connectivity index (χ2v) is 10.8. The molecule has 10 N–H and O–H groups in total. The van der Waals surface area contributed by atoms with Crippen molar-refractivity contribution < 1.29 is 69.0 Å². The van der Waals surface area contributed by atoms with Gasteiger partial charge in [-0.3, -0.25) is 4.57 Å². The van der Waals surface area contributed by atoms with E-state index >= 15 is 0 Å². The van der Waals surface area contributed by atoms with Crippen molar-refractivity contribution in [2.75, 3.05) is 31.5 Å². The lowest BCUT2D eigenvalue weighted by molar-refractivity contribution is -0.340. The number of aliphatic hydroxyl groups excluding tert-OH is 7. The Kier molecular flexibility index (Phi) is 10.0. The van der Waals surface area contributed by atoms with Crippen LogP contribution in [0, 0.1) is 0 Å². The summed E-state index contributed by atoms with van der Waals surface area (Å²) in [6, 6.07) is 0. The van der Waals surface area contributed by atoms with Gasteiger partial charge in [0.15, 0.2) is 24.0 Å². The molecule has 0 amide bonds. The molecule has 0 unspecified atom stereocenters. The number of imidazole rings is 1. The number of hydrogen-bond acceptors (Lipinski definition) is 16. The Labute approximate surface area is 225 Å². The van der Waals surface area contributed by atoms with Gasteiger partial charge in [-0.1, -0.05) is 0 Å². The van der Waals surface area contributed by atoms with Gasteiger partial charge in [-0.15, -0.1) is 0 Å². The Balaban J connectivity index is 1.44. The molecule has 226 valence electrons. The van der Waals surface area contributed by atoms with E-state index in [0.29, 0.717) is 5.65 Å². The number of nitrogens with one attached hydrogen (secondary N) is 1. The zero-order chi connectivity index (χ0) is 29.2. The molecule has 40 heavy (non-hydrogen) atoms. The van der Waals surface area contributed by atoms with Crippen LogP contribution in [0.3, 0.4) is 0 Å². The molecule has 2 aliphatic heterocycles. The van der Waals surface area contributed by atoms with E-state index in [0.717, 1.165) is 0 Å². The summed E-state index contributed by atoms with van der Waals surface area (Å²) in [5, 5.41) is 73.8. The topological polar surface area (TPSA) is 292 Å². The first-order valence-corrected chi connectivity index (χ1v) is 13.9. The maximum absolute atomic E-state index is 10.9. The van der Waals surface area contributed by atoms with E-state index in [-0.39, 0.29) is 24.5 Å². The van der Waals surface area contributed by atoms with Gasteiger partial charge >= 0.3 is 7.60 Å². The minimum absolute atomic E-state index is 0.0476. The Bertz CT molecular complexity index is 1170. The highest BCUT2D eigenvalue weighted by atomic mass is 31.2. The molecule has 2 aromatic heterocycles. The molecule has 10 atom stereocenters. The maximum atomic E-state index is 10.9. The van der Waals surface area contributed by atoms with Crippen LogP contribution in [0.1, 0.15) is 0 Å². The van der Waals surface area contributed by atoms with Crippen LogP contribution in [-0.4, -0.2) is 153 Å².